The minimum atomic E-state index is -1.32. The average molecular weight is 218 g/mol. The average Bonchev–Trinajstić information content (AvgIpc) is 2.54. The minimum Gasteiger partial charge on any atom is -0.479 e. The molecule has 3 atom stereocenters. The summed E-state index contributed by atoms with van der Waals surface area (Å²) in [5.74, 6) is -3.28. The van der Waals surface area contributed by atoms with Gasteiger partial charge in [-0.3, -0.25) is 0 Å². The molecule has 0 radical (unpaired) electrons. The molecule has 3 unspecified atom stereocenters. The molecule has 2 rings (SSSR count). The van der Waals surface area contributed by atoms with Crippen molar-refractivity contribution in [3.63, 3.8) is 0 Å². The summed E-state index contributed by atoms with van der Waals surface area (Å²) in [4.78, 5) is 11.0. The summed E-state index contributed by atoms with van der Waals surface area (Å²) in [5.41, 5.74) is 0. The third-order valence-electron chi connectivity index (χ3n) is 2.60. The van der Waals surface area contributed by atoms with Gasteiger partial charge in [-0.25, -0.2) is 4.79 Å². The molecule has 0 saturated carbocycles. The van der Waals surface area contributed by atoms with Gasteiger partial charge in [0, 0.05) is 7.11 Å². The van der Waals surface area contributed by atoms with Gasteiger partial charge in [-0.2, -0.15) is 0 Å². The van der Waals surface area contributed by atoms with E-state index in [-0.39, 0.29) is 6.61 Å². The van der Waals surface area contributed by atoms with Gasteiger partial charge in [0.05, 0.1) is 6.61 Å². The standard InChI is InChI=1S/C9H14O6/c1-8(2)14-5-4-13-6(7(10)11)9(5,12-3)15-8/h5-6H,4H2,1-3H3,(H,10,11). The molecule has 0 bridgehead atoms. The lowest BCUT2D eigenvalue weighted by Crippen LogP contribution is -2.51. The zero-order valence-electron chi connectivity index (χ0n) is 8.85. The van der Waals surface area contributed by atoms with E-state index in [0.29, 0.717) is 0 Å². The van der Waals surface area contributed by atoms with Crippen LogP contribution in [0.5, 0.6) is 0 Å². The molecule has 2 saturated heterocycles. The van der Waals surface area contributed by atoms with E-state index in [9.17, 15) is 4.79 Å². The monoisotopic (exact) mass is 218 g/mol. The molecule has 0 aromatic carbocycles. The Balaban J connectivity index is 2.31. The van der Waals surface area contributed by atoms with Crippen LogP contribution < -0.4 is 0 Å². The van der Waals surface area contributed by atoms with Crippen molar-refractivity contribution in [1.82, 2.24) is 0 Å². The number of fused-ring (bicyclic) bond motifs is 1. The van der Waals surface area contributed by atoms with Gasteiger partial charge in [-0.05, 0) is 13.8 Å². The highest BCUT2D eigenvalue weighted by molar-refractivity contribution is 5.74. The molecule has 2 aliphatic rings. The second-order valence-corrected chi connectivity index (χ2v) is 4.09. The Hall–Kier alpha value is -0.690. The number of aliphatic carboxylic acids is 1. The van der Waals surface area contributed by atoms with E-state index in [1.807, 2.05) is 0 Å². The van der Waals surface area contributed by atoms with Gasteiger partial charge in [0.2, 0.25) is 11.9 Å². The van der Waals surface area contributed by atoms with Crippen molar-refractivity contribution in [2.75, 3.05) is 13.7 Å². The van der Waals surface area contributed by atoms with Crippen molar-refractivity contribution in [2.45, 2.75) is 37.6 Å². The van der Waals surface area contributed by atoms with Crippen LogP contribution in [-0.4, -0.2) is 48.6 Å². The Kier molecular flexibility index (Phi) is 2.27. The fraction of sp³-hybridized carbons (Fsp3) is 0.889. The van der Waals surface area contributed by atoms with E-state index < -0.39 is 29.8 Å². The summed E-state index contributed by atoms with van der Waals surface area (Å²) in [6.45, 7) is 3.59. The molecule has 86 valence electrons. The maximum Gasteiger partial charge on any atom is 0.338 e. The third kappa shape index (κ3) is 1.45. The zero-order valence-corrected chi connectivity index (χ0v) is 8.85. The minimum absolute atomic E-state index is 0.161. The summed E-state index contributed by atoms with van der Waals surface area (Å²) in [6.07, 6.45) is -1.65. The summed E-state index contributed by atoms with van der Waals surface area (Å²) < 4.78 is 21.3. The first kappa shape index (κ1) is 10.8. The molecule has 15 heavy (non-hydrogen) atoms. The molecule has 0 aromatic heterocycles. The van der Waals surface area contributed by atoms with Crippen LogP contribution in [0.2, 0.25) is 0 Å². The van der Waals surface area contributed by atoms with Gasteiger partial charge in [-0.1, -0.05) is 0 Å². The first-order valence-electron chi connectivity index (χ1n) is 4.69. The molecule has 6 heteroatoms. The van der Waals surface area contributed by atoms with E-state index in [1.54, 1.807) is 13.8 Å². The van der Waals surface area contributed by atoms with Crippen LogP contribution in [0.1, 0.15) is 13.8 Å². The molecule has 0 spiro atoms. The third-order valence-corrected chi connectivity index (χ3v) is 2.60. The van der Waals surface area contributed by atoms with Crippen molar-refractivity contribution < 1.29 is 28.8 Å². The summed E-state index contributed by atoms with van der Waals surface area (Å²) in [6, 6.07) is 0. The fourth-order valence-electron chi connectivity index (χ4n) is 2.09. The van der Waals surface area contributed by atoms with E-state index >= 15 is 0 Å². The Morgan fingerprint density at radius 2 is 2.20 bits per heavy atom. The predicted molar refractivity (Wildman–Crippen MR) is 47.2 cm³/mol. The smallest absolute Gasteiger partial charge is 0.338 e. The quantitative estimate of drug-likeness (QED) is 0.701. The maximum absolute atomic E-state index is 11.0. The molecular formula is C9H14O6. The fourth-order valence-corrected chi connectivity index (χ4v) is 2.09. The normalized spacial score (nSPS) is 42.9. The van der Waals surface area contributed by atoms with Gasteiger partial charge in [0.1, 0.15) is 6.10 Å². The number of ether oxygens (including phenoxy) is 4. The van der Waals surface area contributed by atoms with Crippen molar-refractivity contribution >= 4 is 5.97 Å². The van der Waals surface area contributed by atoms with E-state index in [2.05, 4.69) is 0 Å². The molecule has 2 heterocycles. The van der Waals surface area contributed by atoms with Crippen LogP contribution in [0.4, 0.5) is 0 Å². The Bertz CT molecular complexity index is 288. The van der Waals surface area contributed by atoms with Crippen molar-refractivity contribution in [3.8, 4) is 0 Å². The highest BCUT2D eigenvalue weighted by Crippen LogP contribution is 2.44. The van der Waals surface area contributed by atoms with E-state index in [0.717, 1.165) is 0 Å². The molecule has 0 aromatic rings. The van der Waals surface area contributed by atoms with Gasteiger partial charge in [0.25, 0.3) is 0 Å². The summed E-state index contributed by atoms with van der Waals surface area (Å²) >= 11 is 0. The van der Waals surface area contributed by atoms with Crippen LogP contribution >= 0.6 is 0 Å². The molecule has 0 amide bonds. The molecule has 2 aliphatic heterocycles. The number of hydrogen-bond acceptors (Lipinski definition) is 5. The lowest BCUT2D eigenvalue weighted by atomic mass is 10.1. The molecule has 6 nitrogen and oxygen atoms in total. The molecular weight excluding hydrogens is 204 g/mol. The number of carboxylic acid groups (broad SMARTS) is 1. The van der Waals surface area contributed by atoms with Gasteiger partial charge < -0.3 is 24.1 Å². The van der Waals surface area contributed by atoms with Crippen LogP contribution in [0.15, 0.2) is 0 Å². The van der Waals surface area contributed by atoms with Crippen LogP contribution in [-0.2, 0) is 23.7 Å². The van der Waals surface area contributed by atoms with Crippen molar-refractivity contribution in [3.05, 3.63) is 0 Å². The van der Waals surface area contributed by atoms with Crippen LogP contribution in [0, 0.1) is 0 Å². The Morgan fingerprint density at radius 3 is 2.73 bits per heavy atom. The topological polar surface area (TPSA) is 74.2 Å². The van der Waals surface area contributed by atoms with Gasteiger partial charge >= 0.3 is 5.97 Å². The summed E-state index contributed by atoms with van der Waals surface area (Å²) in [7, 11) is 1.39. The van der Waals surface area contributed by atoms with Gasteiger partial charge in [-0.15, -0.1) is 0 Å². The molecule has 2 fully saturated rings. The molecule has 0 aliphatic carbocycles. The molecule has 1 N–H and O–H groups in total. The highest BCUT2D eigenvalue weighted by Gasteiger charge is 2.65. The SMILES string of the molecule is COC12OC(C)(C)OC1COC2C(=O)O. The first-order chi connectivity index (χ1) is 6.91. The highest BCUT2D eigenvalue weighted by atomic mass is 16.9. The van der Waals surface area contributed by atoms with E-state index in [1.165, 1.54) is 7.11 Å². The zero-order chi connectivity index (χ0) is 11.3. The Labute approximate surface area is 87.1 Å². The first-order valence-corrected chi connectivity index (χ1v) is 4.69. The van der Waals surface area contributed by atoms with Crippen LogP contribution in [0.25, 0.3) is 0 Å². The number of carbonyl (C=O) groups is 1. The number of rotatable bonds is 2. The van der Waals surface area contributed by atoms with Gasteiger partial charge in [0.15, 0.2) is 5.79 Å². The maximum atomic E-state index is 11.0. The van der Waals surface area contributed by atoms with E-state index in [4.69, 9.17) is 24.1 Å². The second-order valence-electron chi connectivity index (χ2n) is 4.09. The number of hydrogen-bond donors (Lipinski definition) is 1. The largest absolute Gasteiger partial charge is 0.479 e. The lowest BCUT2D eigenvalue weighted by Gasteiger charge is -2.29. The van der Waals surface area contributed by atoms with Crippen molar-refractivity contribution in [1.29, 1.82) is 0 Å². The summed E-state index contributed by atoms with van der Waals surface area (Å²) in [5, 5.41) is 8.99. The second kappa shape index (κ2) is 3.15. The predicted octanol–water partition coefficient (Wildman–Crippen LogP) is -0.0360. The van der Waals surface area contributed by atoms with Crippen LogP contribution in [0.3, 0.4) is 0 Å². The number of methoxy groups -OCH3 is 1. The Morgan fingerprint density at radius 1 is 1.53 bits per heavy atom. The lowest BCUT2D eigenvalue weighted by molar-refractivity contribution is -0.272. The van der Waals surface area contributed by atoms with Crippen molar-refractivity contribution in [2.24, 2.45) is 0 Å². The number of carboxylic acids is 1.